The second-order valence-electron chi connectivity index (χ2n) is 6.83. The third kappa shape index (κ3) is 5.71. The molecule has 0 amide bonds. The van der Waals surface area contributed by atoms with E-state index in [1.807, 2.05) is 67.6 Å². The van der Waals surface area contributed by atoms with Gasteiger partial charge in [-0.3, -0.25) is 0 Å². The predicted octanol–water partition coefficient (Wildman–Crippen LogP) is 5.78. The Balaban J connectivity index is 1.76. The van der Waals surface area contributed by atoms with Gasteiger partial charge in [-0.25, -0.2) is 9.97 Å². The van der Waals surface area contributed by atoms with Gasteiger partial charge in [0.15, 0.2) is 5.75 Å². The molecule has 3 rings (SSSR count). The maximum Gasteiger partial charge on any atom is 0.150 e. The standard InChI is InChI=1S/C22H26N4O/c1-16(2)13-14-23-21-15-22(25-17(3)24-21)26-19-11-7-8-12-20(19)27-18-9-5-4-6-10-18/h4-12,15-16H,13-14H2,1-3H3,(H2,23,24,25,26). The molecule has 2 N–H and O–H groups in total. The van der Waals surface area contributed by atoms with Crippen LogP contribution >= 0.6 is 0 Å². The topological polar surface area (TPSA) is 59.1 Å². The largest absolute Gasteiger partial charge is 0.455 e. The molecule has 0 unspecified atom stereocenters. The highest BCUT2D eigenvalue weighted by Gasteiger charge is 2.08. The quantitative estimate of drug-likeness (QED) is 0.532. The summed E-state index contributed by atoms with van der Waals surface area (Å²) in [4.78, 5) is 8.97. The Bertz CT molecular complexity index is 865. The molecule has 0 aliphatic rings. The molecule has 0 saturated carbocycles. The van der Waals surface area contributed by atoms with E-state index >= 15 is 0 Å². The van der Waals surface area contributed by atoms with Crippen molar-refractivity contribution in [3.63, 3.8) is 0 Å². The molecule has 5 nitrogen and oxygen atoms in total. The van der Waals surface area contributed by atoms with Crippen molar-refractivity contribution < 1.29 is 4.74 Å². The lowest BCUT2D eigenvalue weighted by molar-refractivity contribution is 0.485. The van der Waals surface area contributed by atoms with Crippen LogP contribution in [0.25, 0.3) is 0 Å². The van der Waals surface area contributed by atoms with Crippen molar-refractivity contribution in [2.45, 2.75) is 27.2 Å². The number of nitrogens with zero attached hydrogens (tertiary/aromatic N) is 2. The summed E-state index contributed by atoms with van der Waals surface area (Å²) in [6, 6.07) is 19.5. The molecule has 0 radical (unpaired) electrons. The van der Waals surface area contributed by atoms with E-state index in [-0.39, 0.29) is 0 Å². The highest BCUT2D eigenvalue weighted by Crippen LogP contribution is 2.31. The van der Waals surface area contributed by atoms with Crippen LogP contribution in [-0.2, 0) is 0 Å². The summed E-state index contributed by atoms with van der Waals surface area (Å²) in [7, 11) is 0. The molecule has 140 valence electrons. The number of aryl methyl sites for hydroxylation is 1. The number of aromatic nitrogens is 2. The first-order valence-corrected chi connectivity index (χ1v) is 9.28. The summed E-state index contributed by atoms with van der Waals surface area (Å²) in [6.07, 6.45) is 1.10. The van der Waals surface area contributed by atoms with Gasteiger partial charge in [-0.05, 0) is 43.5 Å². The van der Waals surface area contributed by atoms with Crippen molar-refractivity contribution in [2.24, 2.45) is 5.92 Å². The number of para-hydroxylation sites is 3. The Hall–Kier alpha value is -3.08. The summed E-state index contributed by atoms with van der Waals surface area (Å²) >= 11 is 0. The predicted molar refractivity (Wildman–Crippen MR) is 111 cm³/mol. The normalized spacial score (nSPS) is 10.7. The van der Waals surface area contributed by atoms with Crippen molar-refractivity contribution in [1.82, 2.24) is 9.97 Å². The van der Waals surface area contributed by atoms with E-state index in [0.717, 1.165) is 41.8 Å². The highest BCUT2D eigenvalue weighted by atomic mass is 16.5. The Morgan fingerprint density at radius 1 is 0.926 bits per heavy atom. The molecule has 0 aliphatic carbocycles. The maximum absolute atomic E-state index is 6.01. The molecule has 0 fully saturated rings. The second kappa shape index (κ2) is 9.03. The molecule has 0 spiro atoms. The lowest BCUT2D eigenvalue weighted by Gasteiger charge is -2.14. The van der Waals surface area contributed by atoms with Gasteiger partial charge in [0.1, 0.15) is 23.2 Å². The molecule has 0 aliphatic heterocycles. The highest BCUT2D eigenvalue weighted by molar-refractivity contribution is 5.66. The number of nitrogens with one attached hydrogen (secondary N) is 2. The number of anilines is 3. The van der Waals surface area contributed by atoms with E-state index in [1.54, 1.807) is 0 Å². The Morgan fingerprint density at radius 3 is 2.41 bits per heavy atom. The fourth-order valence-corrected chi connectivity index (χ4v) is 2.62. The average Bonchev–Trinajstić information content (AvgIpc) is 2.63. The van der Waals surface area contributed by atoms with E-state index in [0.29, 0.717) is 11.7 Å². The van der Waals surface area contributed by atoms with Crippen LogP contribution < -0.4 is 15.4 Å². The van der Waals surface area contributed by atoms with Gasteiger partial charge in [0.2, 0.25) is 0 Å². The summed E-state index contributed by atoms with van der Waals surface area (Å²) in [6.45, 7) is 7.21. The molecule has 0 saturated heterocycles. The fourth-order valence-electron chi connectivity index (χ4n) is 2.62. The minimum absolute atomic E-state index is 0.653. The van der Waals surface area contributed by atoms with Crippen molar-refractivity contribution >= 4 is 17.3 Å². The lowest BCUT2D eigenvalue weighted by atomic mass is 10.1. The van der Waals surface area contributed by atoms with Crippen LogP contribution in [0.15, 0.2) is 60.7 Å². The number of benzene rings is 2. The zero-order valence-electron chi connectivity index (χ0n) is 16.1. The number of hydrogen-bond donors (Lipinski definition) is 2. The second-order valence-corrected chi connectivity index (χ2v) is 6.83. The van der Waals surface area contributed by atoms with Gasteiger partial charge in [-0.15, -0.1) is 0 Å². The van der Waals surface area contributed by atoms with Gasteiger partial charge < -0.3 is 15.4 Å². The Morgan fingerprint density at radius 2 is 1.63 bits per heavy atom. The van der Waals surface area contributed by atoms with Crippen molar-refractivity contribution in [3.05, 3.63) is 66.5 Å². The zero-order valence-corrected chi connectivity index (χ0v) is 16.1. The molecule has 27 heavy (non-hydrogen) atoms. The first-order valence-electron chi connectivity index (χ1n) is 9.28. The van der Waals surface area contributed by atoms with E-state index in [2.05, 4.69) is 34.4 Å². The summed E-state index contributed by atoms with van der Waals surface area (Å²) in [5, 5.41) is 6.73. The van der Waals surface area contributed by atoms with Crippen LogP contribution in [-0.4, -0.2) is 16.5 Å². The monoisotopic (exact) mass is 362 g/mol. The molecule has 1 heterocycles. The van der Waals surface area contributed by atoms with Crippen molar-refractivity contribution in [1.29, 1.82) is 0 Å². The summed E-state index contributed by atoms with van der Waals surface area (Å²) < 4.78 is 6.01. The molecule has 3 aromatic rings. The van der Waals surface area contributed by atoms with E-state index < -0.39 is 0 Å². The Kier molecular flexibility index (Phi) is 6.26. The van der Waals surface area contributed by atoms with Crippen LogP contribution in [0.5, 0.6) is 11.5 Å². The van der Waals surface area contributed by atoms with Crippen LogP contribution in [0.1, 0.15) is 26.1 Å². The number of hydrogen-bond acceptors (Lipinski definition) is 5. The van der Waals surface area contributed by atoms with Gasteiger partial charge in [0.25, 0.3) is 0 Å². The van der Waals surface area contributed by atoms with Crippen molar-refractivity contribution in [2.75, 3.05) is 17.2 Å². The zero-order chi connectivity index (χ0) is 19.1. The SMILES string of the molecule is Cc1nc(NCCC(C)C)cc(Nc2ccccc2Oc2ccccc2)n1. The first kappa shape index (κ1) is 18.7. The Labute approximate surface area is 160 Å². The van der Waals surface area contributed by atoms with Gasteiger partial charge in [-0.2, -0.15) is 0 Å². The summed E-state index contributed by atoms with van der Waals surface area (Å²) in [5.41, 5.74) is 0.854. The summed E-state index contributed by atoms with van der Waals surface area (Å²) in [5.74, 6) is 4.47. The fraction of sp³-hybridized carbons (Fsp3) is 0.273. The van der Waals surface area contributed by atoms with Crippen LogP contribution in [0.4, 0.5) is 17.3 Å². The number of rotatable bonds is 8. The smallest absolute Gasteiger partial charge is 0.150 e. The number of ether oxygens (including phenoxy) is 1. The first-order chi connectivity index (χ1) is 13.1. The third-order valence-corrected chi connectivity index (χ3v) is 3.99. The van der Waals surface area contributed by atoms with Gasteiger partial charge in [0.05, 0.1) is 5.69 Å². The van der Waals surface area contributed by atoms with E-state index in [9.17, 15) is 0 Å². The van der Waals surface area contributed by atoms with Gasteiger partial charge >= 0.3 is 0 Å². The van der Waals surface area contributed by atoms with Gasteiger partial charge in [0, 0.05) is 12.6 Å². The molecular weight excluding hydrogens is 336 g/mol. The molecular formula is C22H26N4O. The van der Waals surface area contributed by atoms with E-state index in [1.165, 1.54) is 0 Å². The maximum atomic E-state index is 6.01. The molecule has 2 aromatic carbocycles. The lowest BCUT2D eigenvalue weighted by Crippen LogP contribution is -2.08. The van der Waals surface area contributed by atoms with Gasteiger partial charge in [-0.1, -0.05) is 44.2 Å². The van der Waals surface area contributed by atoms with E-state index in [4.69, 9.17) is 4.74 Å². The van der Waals surface area contributed by atoms with Crippen LogP contribution in [0.2, 0.25) is 0 Å². The molecule has 1 aromatic heterocycles. The molecule has 5 heteroatoms. The molecule has 0 atom stereocenters. The van der Waals surface area contributed by atoms with Crippen LogP contribution in [0, 0.1) is 12.8 Å². The minimum atomic E-state index is 0.653. The van der Waals surface area contributed by atoms with Crippen LogP contribution in [0.3, 0.4) is 0 Å². The average molecular weight is 362 g/mol. The third-order valence-electron chi connectivity index (χ3n) is 3.99. The minimum Gasteiger partial charge on any atom is -0.455 e. The van der Waals surface area contributed by atoms with Crippen molar-refractivity contribution in [3.8, 4) is 11.5 Å². The molecule has 0 bridgehead atoms.